The van der Waals surface area contributed by atoms with Crippen molar-refractivity contribution in [3.05, 3.63) is 0 Å². The van der Waals surface area contributed by atoms with E-state index in [1.165, 1.54) is 25.0 Å². The van der Waals surface area contributed by atoms with Crippen molar-refractivity contribution in [1.29, 1.82) is 0 Å². The zero-order chi connectivity index (χ0) is 10.4. The SMILES string of the molecule is CCCC(C)=NN1CCCC1COC. The molecule has 1 atom stereocenters. The van der Waals surface area contributed by atoms with E-state index in [9.17, 15) is 0 Å². The van der Waals surface area contributed by atoms with Crippen LogP contribution in [0.2, 0.25) is 0 Å². The number of rotatable bonds is 5. The Bertz CT molecular complexity index is 192. The van der Waals surface area contributed by atoms with Gasteiger partial charge in [0, 0.05) is 19.4 Å². The van der Waals surface area contributed by atoms with Crippen molar-refractivity contribution >= 4 is 5.71 Å². The zero-order valence-electron chi connectivity index (χ0n) is 9.62. The van der Waals surface area contributed by atoms with E-state index >= 15 is 0 Å². The predicted octanol–water partition coefficient (Wildman–Crippen LogP) is 2.27. The smallest absolute Gasteiger partial charge is 0.0704 e. The van der Waals surface area contributed by atoms with Gasteiger partial charge in [-0.2, -0.15) is 5.10 Å². The largest absolute Gasteiger partial charge is 0.382 e. The van der Waals surface area contributed by atoms with Gasteiger partial charge >= 0.3 is 0 Å². The van der Waals surface area contributed by atoms with Crippen molar-refractivity contribution in [1.82, 2.24) is 5.01 Å². The lowest BCUT2D eigenvalue weighted by atomic mass is 10.2. The monoisotopic (exact) mass is 198 g/mol. The first-order valence-electron chi connectivity index (χ1n) is 5.57. The third-order valence-corrected chi connectivity index (χ3v) is 2.62. The highest BCUT2D eigenvalue weighted by Crippen LogP contribution is 2.18. The first-order valence-corrected chi connectivity index (χ1v) is 5.57. The molecular formula is C11H22N2O. The van der Waals surface area contributed by atoms with Gasteiger partial charge in [0.1, 0.15) is 0 Å². The summed E-state index contributed by atoms with van der Waals surface area (Å²) in [5.41, 5.74) is 1.25. The molecule has 1 saturated heterocycles. The van der Waals surface area contributed by atoms with Crippen LogP contribution in [0.5, 0.6) is 0 Å². The Balaban J connectivity index is 2.45. The van der Waals surface area contributed by atoms with Gasteiger partial charge in [-0.25, -0.2) is 0 Å². The van der Waals surface area contributed by atoms with Crippen molar-refractivity contribution in [2.24, 2.45) is 5.10 Å². The molecule has 0 aromatic rings. The van der Waals surface area contributed by atoms with Crippen LogP contribution in [-0.4, -0.2) is 37.0 Å². The second-order valence-electron chi connectivity index (χ2n) is 4.00. The first-order chi connectivity index (χ1) is 6.77. The molecule has 1 heterocycles. The quantitative estimate of drug-likeness (QED) is 0.633. The number of hydrazone groups is 1. The van der Waals surface area contributed by atoms with Gasteiger partial charge < -0.3 is 4.74 Å². The number of nitrogens with zero attached hydrogens (tertiary/aromatic N) is 2. The van der Waals surface area contributed by atoms with Crippen molar-refractivity contribution in [2.45, 2.75) is 45.6 Å². The fourth-order valence-corrected chi connectivity index (χ4v) is 1.94. The summed E-state index contributed by atoms with van der Waals surface area (Å²) < 4.78 is 5.19. The normalized spacial score (nSPS) is 23.2. The van der Waals surface area contributed by atoms with Crippen LogP contribution in [-0.2, 0) is 4.74 Å². The van der Waals surface area contributed by atoms with E-state index in [1.54, 1.807) is 7.11 Å². The molecule has 0 spiro atoms. The van der Waals surface area contributed by atoms with Crippen molar-refractivity contribution in [2.75, 3.05) is 20.3 Å². The summed E-state index contributed by atoms with van der Waals surface area (Å²) in [4.78, 5) is 0. The molecule has 1 aliphatic rings. The highest BCUT2D eigenvalue weighted by Gasteiger charge is 2.22. The number of methoxy groups -OCH3 is 1. The minimum absolute atomic E-state index is 0.506. The highest BCUT2D eigenvalue weighted by atomic mass is 16.5. The van der Waals surface area contributed by atoms with E-state index < -0.39 is 0 Å². The van der Waals surface area contributed by atoms with E-state index in [-0.39, 0.29) is 0 Å². The lowest BCUT2D eigenvalue weighted by Crippen LogP contribution is -2.29. The molecule has 14 heavy (non-hydrogen) atoms. The zero-order valence-corrected chi connectivity index (χ0v) is 9.62. The summed E-state index contributed by atoms with van der Waals surface area (Å²) in [5, 5.41) is 6.84. The summed E-state index contributed by atoms with van der Waals surface area (Å²) in [6, 6.07) is 0.506. The molecule has 1 fully saturated rings. The molecule has 0 aromatic carbocycles. The van der Waals surface area contributed by atoms with E-state index in [4.69, 9.17) is 4.74 Å². The van der Waals surface area contributed by atoms with Crippen molar-refractivity contribution < 1.29 is 4.74 Å². The molecular weight excluding hydrogens is 176 g/mol. The molecule has 3 nitrogen and oxygen atoms in total. The Kier molecular flexibility index (Phi) is 4.94. The maximum Gasteiger partial charge on any atom is 0.0704 e. The van der Waals surface area contributed by atoms with Crippen LogP contribution >= 0.6 is 0 Å². The maximum atomic E-state index is 5.19. The van der Waals surface area contributed by atoms with Crippen molar-refractivity contribution in [3.63, 3.8) is 0 Å². The Morgan fingerprint density at radius 1 is 1.57 bits per heavy atom. The second-order valence-corrected chi connectivity index (χ2v) is 4.00. The summed E-state index contributed by atoms with van der Waals surface area (Å²) in [7, 11) is 1.76. The van der Waals surface area contributed by atoms with Crippen molar-refractivity contribution in [3.8, 4) is 0 Å². The summed E-state index contributed by atoms with van der Waals surface area (Å²) in [6.07, 6.45) is 4.75. The molecule has 0 bridgehead atoms. The van der Waals surface area contributed by atoms with Gasteiger partial charge in [-0.1, -0.05) is 13.3 Å². The molecule has 0 N–H and O–H groups in total. The second kappa shape index (κ2) is 6.02. The van der Waals surface area contributed by atoms with E-state index in [2.05, 4.69) is 24.0 Å². The van der Waals surface area contributed by atoms with Gasteiger partial charge in [0.15, 0.2) is 0 Å². The molecule has 3 heteroatoms. The van der Waals surface area contributed by atoms with Gasteiger partial charge in [0.25, 0.3) is 0 Å². The van der Waals surface area contributed by atoms with E-state index in [0.717, 1.165) is 19.6 Å². The maximum absolute atomic E-state index is 5.19. The third kappa shape index (κ3) is 3.29. The standard InChI is InChI=1S/C11H22N2O/c1-4-6-10(2)12-13-8-5-7-11(13)9-14-3/h11H,4-9H2,1-3H3. The minimum Gasteiger partial charge on any atom is -0.382 e. The van der Waals surface area contributed by atoms with Gasteiger partial charge in [0.05, 0.1) is 12.6 Å². The third-order valence-electron chi connectivity index (χ3n) is 2.62. The molecule has 0 aromatic heterocycles. The lowest BCUT2D eigenvalue weighted by Gasteiger charge is -2.21. The number of hydrogen-bond acceptors (Lipinski definition) is 3. The van der Waals surface area contributed by atoms with Gasteiger partial charge in [0.2, 0.25) is 0 Å². The van der Waals surface area contributed by atoms with Gasteiger partial charge in [-0.05, 0) is 26.2 Å². The van der Waals surface area contributed by atoms with Crippen LogP contribution in [0.3, 0.4) is 0 Å². The Labute approximate surface area is 87.1 Å². The molecule has 1 unspecified atom stereocenters. The van der Waals surface area contributed by atoms with E-state index in [0.29, 0.717) is 6.04 Å². The summed E-state index contributed by atoms with van der Waals surface area (Å²) in [6.45, 7) is 6.21. The minimum atomic E-state index is 0.506. The molecule has 0 saturated carbocycles. The predicted molar refractivity (Wildman–Crippen MR) is 59.6 cm³/mol. The Hall–Kier alpha value is -0.570. The van der Waals surface area contributed by atoms with Crippen LogP contribution in [0.1, 0.15) is 39.5 Å². The molecule has 0 amide bonds. The van der Waals surface area contributed by atoms with Crippen LogP contribution in [0, 0.1) is 0 Å². The molecule has 0 radical (unpaired) electrons. The fraction of sp³-hybridized carbons (Fsp3) is 0.909. The Morgan fingerprint density at radius 2 is 2.36 bits per heavy atom. The average molecular weight is 198 g/mol. The van der Waals surface area contributed by atoms with Gasteiger partial charge in [-0.3, -0.25) is 5.01 Å². The average Bonchev–Trinajstić information content (AvgIpc) is 2.54. The van der Waals surface area contributed by atoms with E-state index in [1.807, 2.05) is 0 Å². The van der Waals surface area contributed by atoms with Crippen LogP contribution in [0.4, 0.5) is 0 Å². The Morgan fingerprint density at radius 3 is 3.00 bits per heavy atom. The topological polar surface area (TPSA) is 24.8 Å². The molecule has 1 rings (SSSR count). The van der Waals surface area contributed by atoms with Gasteiger partial charge in [-0.15, -0.1) is 0 Å². The summed E-state index contributed by atoms with van der Waals surface area (Å²) >= 11 is 0. The lowest BCUT2D eigenvalue weighted by molar-refractivity contribution is 0.117. The summed E-state index contributed by atoms with van der Waals surface area (Å²) in [5.74, 6) is 0. The fourth-order valence-electron chi connectivity index (χ4n) is 1.94. The highest BCUT2D eigenvalue weighted by molar-refractivity contribution is 5.81. The number of ether oxygens (including phenoxy) is 1. The first kappa shape index (κ1) is 11.5. The van der Waals surface area contributed by atoms with Crippen LogP contribution in [0.25, 0.3) is 0 Å². The van der Waals surface area contributed by atoms with Crippen LogP contribution in [0.15, 0.2) is 5.10 Å². The molecule has 1 aliphatic heterocycles. The number of hydrogen-bond donors (Lipinski definition) is 0. The molecule has 0 aliphatic carbocycles. The molecule has 82 valence electrons. The van der Waals surface area contributed by atoms with Crippen LogP contribution < -0.4 is 0 Å².